The van der Waals surface area contributed by atoms with Crippen LogP contribution in [0.5, 0.6) is 11.5 Å². The van der Waals surface area contributed by atoms with Crippen LogP contribution in [0.3, 0.4) is 0 Å². The van der Waals surface area contributed by atoms with Crippen LogP contribution in [-0.4, -0.2) is 36.4 Å². The highest BCUT2D eigenvalue weighted by Crippen LogP contribution is 2.35. The Morgan fingerprint density at radius 1 is 1.26 bits per heavy atom. The maximum absolute atomic E-state index is 12.9. The first-order chi connectivity index (χ1) is 12.9. The summed E-state index contributed by atoms with van der Waals surface area (Å²) in [6.45, 7) is 6.11. The standard InChI is InChI=1S/C19H22N2O6/c1-5-21-8-12(18(23)20-16(10(2)3)19(24)25-4)17(22)11-6-14-15(7-13(11)21)27-9-26-14/h6-8,10,16H,5,9H2,1-4H3,(H,20,23)/t16-/m0/s1. The molecule has 2 aromatic rings. The van der Waals surface area contributed by atoms with Crippen LogP contribution in [0.25, 0.3) is 10.9 Å². The first kappa shape index (κ1) is 18.8. The summed E-state index contributed by atoms with van der Waals surface area (Å²) < 4.78 is 17.2. The number of nitrogens with zero attached hydrogens (tertiary/aromatic N) is 1. The molecule has 2 heterocycles. The second kappa shape index (κ2) is 7.30. The molecule has 1 amide bonds. The van der Waals surface area contributed by atoms with Crippen LogP contribution in [0.1, 0.15) is 31.1 Å². The van der Waals surface area contributed by atoms with Crippen molar-refractivity contribution in [2.45, 2.75) is 33.4 Å². The lowest BCUT2D eigenvalue weighted by atomic mass is 10.0. The molecule has 3 rings (SSSR count). The summed E-state index contributed by atoms with van der Waals surface area (Å²) in [5.41, 5.74) is 0.173. The quantitative estimate of drug-likeness (QED) is 0.800. The fourth-order valence-corrected chi connectivity index (χ4v) is 3.05. The summed E-state index contributed by atoms with van der Waals surface area (Å²) in [4.78, 5) is 37.6. The van der Waals surface area contributed by atoms with Crippen LogP contribution in [0.2, 0.25) is 0 Å². The molecule has 27 heavy (non-hydrogen) atoms. The van der Waals surface area contributed by atoms with Gasteiger partial charge in [0.2, 0.25) is 12.2 Å². The van der Waals surface area contributed by atoms with Crippen LogP contribution in [0.4, 0.5) is 0 Å². The van der Waals surface area contributed by atoms with Gasteiger partial charge in [-0.3, -0.25) is 9.59 Å². The molecule has 144 valence electrons. The molecule has 1 N–H and O–H groups in total. The summed E-state index contributed by atoms with van der Waals surface area (Å²) >= 11 is 0. The number of fused-ring (bicyclic) bond motifs is 2. The van der Waals surface area contributed by atoms with Crippen molar-refractivity contribution in [1.82, 2.24) is 9.88 Å². The maximum atomic E-state index is 12.9. The van der Waals surface area contributed by atoms with Gasteiger partial charge < -0.3 is 24.1 Å². The van der Waals surface area contributed by atoms with Gasteiger partial charge in [0.05, 0.1) is 18.0 Å². The first-order valence-electron chi connectivity index (χ1n) is 8.72. The number of aryl methyl sites for hydroxylation is 1. The van der Waals surface area contributed by atoms with Crippen molar-refractivity contribution in [3.05, 3.63) is 34.1 Å². The van der Waals surface area contributed by atoms with E-state index < -0.39 is 23.3 Å². The first-order valence-corrected chi connectivity index (χ1v) is 8.72. The molecular weight excluding hydrogens is 352 g/mol. The fraction of sp³-hybridized carbons (Fsp3) is 0.421. The summed E-state index contributed by atoms with van der Waals surface area (Å²) in [7, 11) is 1.26. The van der Waals surface area contributed by atoms with Crippen molar-refractivity contribution >= 4 is 22.8 Å². The molecule has 0 radical (unpaired) electrons. The lowest BCUT2D eigenvalue weighted by Gasteiger charge is -2.20. The molecule has 8 nitrogen and oxygen atoms in total. The van der Waals surface area contributed by atoms with Gasteiger partial charge >= 0.3 is 5.97 Å². The zero-order valence-corrected chi connectivity index (χ0v) is 15.7. The van der Waals surface area contributed by atoms with Gasteiger partial charge in [0.1, 0.15) is 11.6 Å². The van der Waals surface area contributed by atoms with E-state index >= 15 is 0 Å². The second-order valence-corrected chi connectivity index (χ2v) is 6.60. The predicted molar refractivity (Wildman–Crippen MR) is 98.1 cm³/mol. The Bertz CT molecular complexity index is 963. The van der Waals surface area contributed by atoms with E-state index in [1.165, 1.54) is 13.3 Å². The van der Waals surface area contributed by atoms with Crippen LogP contribution in [-0.2, 0) is 16.1 Å². The van der Waals surface area contributed by atoms with Crippen LogP contribution < -0.4 is 20.2 Å². The third kappa shape index (κ3) is 3.34. The Balaban J connectivity index is 2.07. The minimum absolute atomic E-state index is 0.0437. The number of hydrogen-bond acceptors (Lipinski definition) is 6. The largest absolute Gasteiger partial charge is 0.467 e. The molecule has 1 aliphatic heterocycles. The zero-order valence-electron chi connectivity index (χ0n) is 15.7. The Morgan fingerprint density at radius 3 is 2.52 bits per heavy atom. The summed E-state index contributed by atoms with van der Waals surface area (Å²) in [5, 5.41) is 2.96. The molecule has 0 unspecified atom stereocenters. The number of rotatable bonds is 5. The van der Waals surface area contributed by atoms with E-state index in [9.17, 15) is 14.4 Å². The number of benzene rings is 1. The number of hydrogen-bond donors (Lipinski definition) is 1. The Kier molecular flexibility index (Phi) is 5.07. The molecule has 0 fully saturated rings. The summed E-state index contributed by atoms with van der Waals surface area (Å²) in [6.07, 6.45) is 1.50. The third-order valence-corrected chi connectivity index (χ3v) is 4.57. The lowest BCUT2D eigenvalue weighted by Crippen LogP contribution is -2.46. The highest BCUT2D eigenvalue weighted by molar-refractivity contribution is 5.99. The lowest BCUT2D eigenvalue weighted by molar-refractivity contribution is -0.144. The van der Waals surface area contributed by atoms with Crippen molar-refractivity contribution < 1.29 is 23.8 Å². The van der Waals surface area contributed by atoms with E-state index in [4.69, 9.17) is 14.2 Å². The number of pyridine rings is 1. The molecule has 1 atom stereocenters. The summed E-state index contributed by atoms with van der Waals surface area (Å²) in [5.74, 6) is -0.338. The Labute approximate surface area is 156 Å². The molecule has 1 aliphatic rings. The average molecular weight is 374 g/mol. The van der Waals surface area contributed by atoms with E-state index in [2.05, 4.69) is 5.32 Å². The highest BCUT2D eigenvalue weighted by Gasteiger charge is 2.27. The molecule has 1 aromatic heterocycles. The smallest absolute Gasteiger partial charge is 0.328 e. The third-order valence-electron chi connectivity index (χ3n) is 4.57. The van der Waals surface area contributed by atoms with E-state index in [0.29, 0.717) is 28.9 Å². The SMILES string of the molecule is CCn1cc(C(=O)N[C@H](C(=O)OC)C(C)C)c(=O)c2cc3c(cc21)OCO3. The van der Waals surface area contributed by atoms with E-state index in [-0.39, 0.29) is 18.3 Å². The molecule has 1 aromatic carbocycles. The van der Waals surface area contributed by atoms with Gasteiger partial charge in [-0.1, -0.05) is 13.8 Å². The van der Waals surface area contributed by atoms with Crippen LogP contribution >= 0.6 is 0 Å². The van der Waals surface area contributed by atoms with Gasteiger partial charge in [-0.2, -0.15) is 0 Å². The number of amides is 1. The number of nitrogens with one attached hydrogen (secondary N) is 1. The maximum Gasteiger partial charge on any atom is 0.328 e. The van der Waals surface area contributed by atoms with Gasteiger partial charge in [0, 0.05) is 18.8 Å². The van der Waals surface area contributed by atoms with Gasteiger partial charge in [-0.05, 0) is 18.9 Å². The van der Waals surface area contributed by atoms with Crippen molar-refractivity contribution in [3.63, 3.8) is 0 Å². The van der Waals surface area contributed by atoms with Gasteiger partial charge in [0.15, 0.2) is 11.5 Å². The number of methoxy groups -OCH3 is 1. The van der Waals surface area contributed by atoms with Gasteiger partial charge in [-0.15, -0.1) is 0 Å². The number of esters is 1. The fourth-order valence-electron chi connectivity index (χ4n) is 3.05. The number of carbonyl (C=O) groups is 2. The summed E-state index contributed by atoms with van der Waals surface area (Å²) in [6, 6.07) is 2.48. The van der Waals surface area contributed by atoms with Crippen molar-refractivity contribution in [2.75, 3.05) is 13.9 Å². The predicted octanol–water partition coefficient (Wildman–Crippen LogP) is 1.68. The van der Waals surface area contributed by atoms with E-state index in [1.54, 1.807) is 30.5 Å². The number of aromatic nitrogens is 1. The monoisotopic (exact) mass is 374 g/mol. The topological polar surface area (TPSA) is 95.9 Å². The second-order valence-electron chi connectivity index (χ2n) is 6.60. The van der Waals surface area contributed by atoms with E-state index in [0.717, 1.165) is 0 Å². The van der Waals surface area contributed by atoms with Crippen molar-refractivity contribution in [1.29, 1.82) is 0 Å². The minimum atomic E-state index is -0.843. The number of carbonyl (C=O) groups excluding carboxylic acids is 2. The van der Waals surface area contributed by atoms with Crippen LogP contribution in [0, 0.1) is 5.92 Å². The van der Waals surface area contributed by atoms with Gasteiger partial charge in [0.25, 0.3) is 5.91 Å². The average Bonchev–Trinajstić information content (AvgIpc) is 3.11. The zero-order chi connectivity index (χ0) is 19.7. The van der Waals surface area contributed by atoms with Crippen LogP contribution in [0.15, 0.2) is 23.1 Å². The van der Waals surface area contributed by atoms with Gasteiger partial charge in [-0.25, -0.2) is 4.79 Å². The van der Waals surface area contributed by atoms with E-state index in [1.807, 2.05) is 6.92 Å². The molecule has 0 saturated heterocycles. The molecule has 0 aliphatic carbocycles. The Morgan fingerprint density at radius 2 is 1.93 bits per heavy atom. The normalized spacial score (nSPS) is 13.7. The molecule has 8 heteroatoms. The van der Waals surface area contributed by atoms with Crippen molar-refractivity contribution in [3.8, 4) is 11.5 Å². The molecule has 0 saturated carbocycles. The Hall–Kier alpha value is -3.03. The molecular formula is C19H22N2O6. The van der Waals surface area contributed by atoms with Crippen molar-refractivity contribution in [2.24, 2.45) is 5.92 Å². The molecule has 0 bridgehead atoms. The minimum Gasteiger partial charge on any atom is -0.467 e. The molecule has 0 spiro atoms. The number of ether oxygens (including phenoxy) is 3. The highest BCUT2D eigenvalue weighted by atomic mass is 16.7.